The summed E-state index contributed by atoms with van der Waals surface area (Å²) < 4.78 is 6.44. The van der Waals surface area contributed by atoms with Gasteiger partial charge >= 0.3 is 0 Å². The van der Waals surface area contributed by atoms with Gasteiger partial charge in [0.25, 0.3) is 0 Å². The molecule has 196 valence electrons. The van der Waals surface area contributed by atoms with Gasteiger partial charge < -0.3 is 9.32 Å². The molecule has 0 amide bonds. The quantitative estimate of drug-likeness (QED) is 0.232. The van der Waals surface area contributed by atoms with Crippen LogP contribution in [0.3, 0.4) is 0 Å². The minimum atomic E-state index is -0.308. The highest BCUT2D eigenvalue weighted by molar-refractivity contribution is 6.31. The fraction of sp³-hybridized carbons (Fsp3) is 0.229. The third-order valence-electron chi connectivity index (χ3n) is 7.62. The molecule has 0 radical (unpaired) electrons. The van der Waals surface area contributed by atoms with Crippen LogP contribution in [0.1, 0.15) is 44.1 Å². The average Bonchev–Trinajstić information content (AvgIpc) is 3.55. The third-order valence-corrected chi connectivity index (χ3v) is 7.99. The smallest absolute Gasteiger partial charge is 0.190 e. The number of carbonyl (C=O) groups is 1. The summed E-state index contributed by atoms with van der Waals surface area (Å²) in [7, 11) is 0. The molecule has 1 aliphatic carbocycles. The Morgan fingerprint density at radius 3 is 2.41 bits per heavy atom. The number of Topliss-reactive ketones (excluding diaryl/α,β-unsaturated/α-hetero) is 1. The molecule has 6 rings (SSSR count). The van der Waals surface area contributed by atoms with Crippen LogP contribution in [-0.4, -0.2) is 23.3 Å². The van der Waals surface area contributed by atoms with E-state index in [9.17, 15) is 4.79 Å². The van der Waals surface area contributed by atoms with Crippen molar-refractivity contribution in [1.82, 2.24) is 4.90 Å². The van der Waals surface area contributed by atoms with Crippen LogP contribution in [0.25, 0.3) is 22.2 Å². The molecule has 1 aromatic heterocycles. The lowest BCUT2D eigenvalue weighted by Crippen LogP contribution is -2.22. The molecule has 2 aliphatic rings. The predicted octanol–water partition coefficient (Wildman–Crippen LogP) is 8.75. The van der Waals surface area contributed by atoms with E-state index in [2.05, 4.69) is 56.0 Å². The lowest BCUT2D eigenvalue weighted by Gasteiger charge is -2.27. The molecule has 39 heavy (non-hydrogen) atoms. The van der Waals surface area contributed by atoms with Crippen molar-refractivity contribution in [1.29, 1.82) is 0 Å². The van der Waals surface area contributed by atoms with Gasteiger partial charge in [-0.2, -0.15) is 0 Å². The van der Waals surface area contributed by atoms with Gasteiger partial charge in [-0.1, -0.05) is 99.1 Å². The van der Waals surface area contributed by atoms with Crippen molar-refractivity contribution < 1.29 is 9.21 Å². The van der Waals surface area contributed by atoms with E-state index in [1.807, 2.05) is 66.7 Å². The second-order valence-electron chi connectivity index (χ2n) is 11.4. The molecular weight excluding hydrogens is 502 g/mol. The minimum Gasteiger partial charge on any atom is -0.455 e. The fourth-order valence-electron chi connectivity index (χ4n) is 5.43. The molecule has 0 spiro atoms. The van der Waals surface area contributed by atoms with E-state index in [0.29, 0.717) is 6.04 Å². The van der Waals surface area contributed by atoms with Crippen LogP contribution in [0.2, 0.25) is 5.02 Å². The van der Waals surface area contributed by atoms with Crippen LogP contribution in [-0.2, 0) is 11.2 Å². The number of ketones is 1. The Morgan fingerprint density at radius 2 is 1.67 bits per heavy atom. The third kappa shape index (κ3) is 5.12. The Morgan fingerprint density at radius 1 is 0.949 bits per heavy atom. The lowest BCUT2D eigenvalue weighted by atomic mass is 9.76. The first-order valence-corrected chi connectivity index (χ1v) is 13.9. The van der Waals surface area contributed by atoms with Crippen LogP contribution < -0.4 is 0 Å². The zero-order valence-electron chi connectivity index (χ0n) is 22.6. The van der Waals surface area contributed by atoms with Crippen molar-refractivity contribution >= 4 is 39.6 Å². The van der Waals surface area contributed by atoms with Gasteiger partial charge in [0.15, 0.2) is 11.5 Å². The van der Waals surface area contributed by atoms with Gasteiger partial charge in [-0.05, 0) is 59.7 Å². The largest absolute Gasteiger partial charge is 0.455 e. The number of furan rings is 1. The first-order chi connectivity index (χ1) is 18.8. The summed E-state index contributed by atoms with van der Waals surface area (Å²) in [5.74, 6) is 0.913. The van der Waals surface area contributed by atoms with Gasteiger partial charge in [-0.3, -0.25) is 4.79 Å². The van der Waals surface area contributed by atoms with E-state index < -0.39 is 0 Å². The lowest BCUT2D eigenvalue weighted by molar-refractivity contribution is -0.111. The van der Waals surface area contributed by atoms with Gasteiger partial charge in [0.05, 0.1) is 5.70 Å². The maximum Gasteiger partial charge on any atom is 0.190 e. The van der Waals surface area contributed by atoms with E-state index in [0.717, 1.165) is 69.1 Å². The molecule has 3 nitrogen and oxygen atoms in total. The van der Waals surface area contributed by atoms with E-state index in [1.165, 1.54) is 5.56 Å². The molecule has 4 aromatic rings. The molecule has 1 fully saturated rings. The normalized spacial score (nSPS) is 18.7. The highest BCUT2D eigenvalue weighted by atomic mass is 35.5. The molecule has 2 heterocycles. The molecular formula is C35H32ClNO2. The van der Waals surface area contributed by atoms with Crippen molar-refractivity contribution in [2.45, 2.75) is 39.7 Å². The van der Waals surface area contributed by atoms with Gasteiger partial charge in [-0.25, -0.2) is 0 Å². The van der Waals surface area contributed by atoms with Crippen molar-refractivity contribution in [3.63, 3.8) is 0 Å². The van der Waals surface area contributed by atoms with Crippen molar-refractivity contribution in [2.75, 3.05) is 6.54 Å². The SMILES string of the molecule is CC(C)(C)C1=C/C(=C(/c2cc3ccccc3o2)N2CC2CCc2ccccc2Cl)C=C(c2ccccc2)C1=O. The summed E-state index contributed by atoms with van der Waals surface area (Å²) >= 11 is 6.45. The predicted molar refractivity (Wildman–Crippen MR) is 160 cm³/mol. The summed E-state index contributed by atoms with van der Waals surface area (Å²) in [6.07, 6.45) is 6.04. The molecule has 1 aliphatic heterocycles. The first-order valence-electron chi connectivity index (χ1n) is 13.6. The Hall–Kier alpha value is -3.82. The number of hydrogen-bond donors (Lipinski definition) is 0. The van der Waals surface area contributed by atoms with Crippen molar-refractivity contribution in [3.05, 3.63) is 130 Å². The van der Waals surface area contributed by atoms with E-state index >= 15 is 0 Å². The zero-order valence-corrected chi connectivity index (χ0v) is 23.3. The minimum absolute atomic E-state index is 0.0856. The number of rotatable bonds is 6. The summed E-state index contributed by atoms with van der Waals surface area (Å²) in [5, 5.41) is 1.89. The van der Waals surface area contributed by atoms with Crippen molar-refractivity contribution in [3.8, 4) is 0 Å². The second-order valence-corrected chi connectivity index (χ2v) is 11.9. The summed E-state index contributed by atoms with van der Waals surface area (Å²) in [6.45, 7) is 7.24. The number of fused-ring (bicyclic) bond motifs is 1. The molecule has 1 unspecified atom stereocenters. The molecule has 3 aromatic carbocycles. The van der Waals surface area contributed by atoms with Crippen LogP contribution in [0.4, 0.5) is 0 Å². The van der Waals surface area contributed by atoms with Gasteiger partial charge in [0.1, 0.15) is 5.58 Å². The fourth-order valence-corrected chi connectivity index (χ4v) is 5.66. The Bertz CT molecular complexity index is 1620. The molecule has 0 bridgehead atoms. The maximum absolute atomic E-state index is 13.8. The maximum atomic E-state index is 13.8. The second kappa shape index (κ2) is 10.1. The summed E-state index contributed by atoms with van der Waals surface area (Å²) in [4.78, 5) is 16.2. The van der Waals surface area contributed by atoms with Crippen LogP contribution in [0.15, 0.2) is 113 Å². The summed E-state index contributed by atoms with van der Waals surface area (Å²) in [6, 6.07) is 28.6. The highest BCUT2D eigenvalue weighted by Gasteiger charge is 2.39. The topological polar surface area (TPSA) is 33.2 Å². The number of hydrogen-bond acceptors (Lipinski definition) is 3. The number of halogens is 1. The number of nitrogens with zero attached hydrogens (tertiary/aromatic N) is 1. The van der Waals surface area contributed by atoms with Crippen LogP contribution in [0.5, 0.6) is 0 Å². The number of para-hydroxylation sites is 1. The van der Waals surface area contributed by atoms with Crippen LogP contribution >= 0.6 is 11.6 Å². The first kappa shape index (κ1) is 25.5. The highest BCUT2D eigenvalue weighted by Crippen LogP contribution is 2.43. The number of allylic oxidation sites excluding steroid dienone is 5. The summed E-state index contributed by atoms with van der Waals surface area (Å²) in [5.41, 5.74) is 6.24. The van der Waals surface area contributed by atoms with Crippen LogP contribution in [0, 0.1) is 5.41 Å². The number of benzene rings is 3. The molecule has 0 N–H and O–H groups in total. The van der Waals surface area contributed by atoms with Gasteiger partial charge in [0.2, 0.25) is 0 Å². The monoisotopic (exact) mass is 533 g/mol. The molecule has 1 saturated heterocycles. The van der Waals surface area contributed by atoms with Gasteiger partial charge in [-0.15, -0.1) is 0 Å². The molecule has 1 atom stereocenters. The molecule has 4 heteroatoms. The number of carbonyl (C=O) groups excluding carboxylic acids is 1. The molecule has 0 saturated carbocycles. The van der Waals surface area contributed by atoms with E-state index in [-0.39, 0.29) is 11.2 Å². The number of aryl methyl sites for hydroxylation is 1. The standard InChI is InChI=1S/C35H32ClNO2/c1-35(2,3)29-20-26(19-28(34(29)38)23-11-5-4-6-12-23)33(32-21-25-14-8-10-16-31(25)39-32)37-22-27(37)18-17-24-13-7-9-15-30(24)36/h4-16,19-21,27H,17-18,22H2,1-3H3/b33-26-. The average molecular weight is 534 g/mol. The zero-order chi connectivity index (χ0) is 27.1. The van der Waals surface area contributed by atoms with E-state index in [4.69, 9.17) is 16.0 Å². The van der Waals surface area contributed by atoms with Crippen molar-refractivity contribution in [2.24, 2.45) is 5.41 Å². The Kier molecular flexibility index (Phi) is 6.56. The Labute approximate surface area is 235 Å². The van der Waals surface area contributed by atoms with Gasteiger partial charge in [0, 0.05) is 39.7 Å². The Balaban J connectivity index is 1.47. The van der Waals surface area contributed by atoms with E-state index in [1.54, 1.807) is 0 Å².